The van der Waals surface area contributed by atoms with Crippen LogP contribution in [-0.2, 0) is 16.0 Å². The first-order chi connectivity index (χ1) is 12.3. The van der Waals surface area contributed by atoms with E-state index < -0.39 is 0 Å². The summed E-state index contributed by atoms with van der Waals surface area (Å²) in [4.78, 5) is 4.59. The lowest BCUT2D eigenvalue weighted by molar-refractivity contribution is 0.0487. The summed E-state index contributed by atoms with van der Waals surface area (Å²) < 4.78 is 16.4. The van der Waals surface area contributed by atoms with Crippen molar-refractivity contribution < 1.29 is 14.2 Å². The highest BCUT2D eigenvalue weighted by Gasteiger charge is 2.02. The number of rotatable bonds is 13. The maximum Gasteiger partial charge on any atom is 0.191 e. The summed E-state index contributed by atoms with van der Waals surface area (Å²) in [6.45, 7) is 8.99. The van der Waals surface area contributed by atoms with Gasteiger partial charge in [0.1, 0.15) is 5.75 Å². The maximum atomic E-state index is 5.55. The van der Waals surface area contributed by atoms with Gasteiger partial charge in [-0.25, -0.2) is 4.99 Å². The Morgan fingerprint density at radius 1 is 1.00 bits per heavy atom. The topological polar surface area (TPSA) is 64.1 Å². The van der Waals surface area contributed by atoms with E-state index in [1.54, 1.807) is 7.11 Å². The van der Waals surface area contributed by atoms with Gasteiger partial charge in [0, 0.05) is 25.3 Å². The average Bonchev–Trinajstić information content (AvgIpc) is 2.64. The number of guanidine groups is 1. The number of hydrogen-bond acceptors (Lipinski definition) is 4. The molecule has 0 bridgehead atoms. The summed E-state index contributed by atoms with van der Waals surface area (Å²) >= 11 is 0. The third-order valence-electron chi connectivity index (χ3n) is 3.50. The van der Waals surface area contributed by atoms with Gasteiger partial charge in [0.05, 0.1) is 33.5 Å². The lowest BCUT2D eigenvalue weighted by Crippen LogP contribution is -2.39. The molecule has 0 spiro atoms. The molecule has 1 aromatic rings. The second-order valence-electron chi connectivity index (χ2n) is 5.51. The highest BCUT2D eigenvalue weighted by Crippen LogP contribution is 2.17. The van der Waals surface area contributed by atoms with Crippen LogP contribution in [-0.4, -0.2) is 52.6 Å². The van der Waals surface area contributed by atoms with Crippen LogP contribution in [0.4, 0.5) is 0 Å². The third-order valence-corrected chi connectivity index (χ3v) is 3.50. The predicted octanol–water partition coefficient (Wildman–Crippen LogP) is 2.58. The summed E-state index contributed by atoms with van der Waals surface area (Å²) in [5.41, 5.74) is 1.06. The molecule has 0 saturated carbocycles. The van der Waals surface area contributed by atoms with Gasteiger partial charge in [0.15, 0.2) is 5.96 Å². The molecule has 142 valence electrons. The Balaban J connectivity index is 2.27. The first-order valence-corrected chi connectivity index (χ1v) is 9.11. The number of nitrogens with zero attached hydrogens (tertiary/aromatic N) is 1. The van der Waals surface area contributed by atoms with Crippen LogP contribution >= 0.6 is 0 Å². The summed E-state index contributed by atoms with van der Waals surface area (Å²) in [7, 11) is 1.68. The van der Waals surface area contributed by atoms with Crippen LogP contribution < -0.4 is 15.4 Å². The number of hydrogen-bond donors (Lipinski definition) is 2. The fourth-order valence-electron chi connectivity index (χ4n) is 2.15. The second kappa shape index (κ2) is 14.5. The number of nitrogens with one attached hydrogen (secondary N) is 2. The van der Waals surface area contributed by atoms with Crippen molar-refractivity contribution in [2.45, 2.75) is 33.2 Å². The van der Waals surface area contributed by atoms with Crippen LogP contribution in [0.2, 0.25) is 0 Å². The van der Waals surface area contributed by atoms with E-state index in [-0.39, 0.29) is 0 Å². The lowest BCUT2D eigenvalue weighted by atomic mass is 10.2. The largest absolute Gasteiger partial charge is 0.496 e. The smallest absolute Gasteiger partial charge is 0.191 e. The minimum absolute atomic E-state index is 0.561. The molecule has 0 aliphatic carbocycles. The Kier molecular flexibility index (Phi) is 12.4. The number of methoxy groups -OCH3 is 1. The molecule has 25 heavy (non-hydrogen) atoms. The van der Waals surface area contributed by atoms with Gasteiger partial charge in [-0.15, -0.1) is 0 Å². The molecule has 0 unspecified atom stereocenters. The first-order valence-electron chi connectivity index (χ1n) is 9.11. The minimum Gasteiger partial charge on any atom is -0.496 e. The van der Waals surface area contributed by atoms with E-state index in [1.165, 1.54) is 0 Å². The molecule has 1 aromatic carbocycles. The molecule has 0 fully saturated rings. The van der Waals surface area contributed by atoms with Gasteiger partial charge in [0.25, 0.3) is 0 Å². The van der Waals surface area contributed by atoms with Gasteiger partial charge < -0.3 is 24.8 Å². The fraction of sp³-hybridized carbons (Fsp3) is 0.632. The van der Waals surface area contributed by atoms with Crippen LogP contribution in [0.1, 0.15) is 32.3 Å². The van der Waals surface area contributed by atoms with E-state index in [1.807, 2.05) is 31.2 Å². The quantitative estimate of drug-likeness (QED) is 0.325. The molecular formula is C19H33N3O3. The Labute approximate surface area is 152 Å². The Bertz CT molecular complexity index is 481. The monoisotopic (exact) mass is 351 g/mol. The van der Waals surface area contributed by atoms with E-state index >= 15 is 0 Å². The van der Waals surface area contributed by atoms with Gasteiger partial charge in [-0.05, 0) is 19.4 Å². The van der Waals surface area contributed by atoms with Crippen molar-refractivity contribution in [3.63, 3.8) is 0 Å². The highest BCUT2D eigenvalue weighted by atomic mass is 16.5. The first kappa shape index (κ1) is 21.3. The molecule has 0 amide bonds. The van der Waals surface area contributed by atoms with E-state index in [2.05, 4.69) is 22.5 Å². The van der Waals surface area contributed by atoms with Gasteiger partial charge in [0.2, 0.25) is 0 Å². The van der Waals surface area contributed by atoms with Crippen molar-refractivity contribution in [2.24, 2.45) is 4.99 Å². The van der Waals surface area contributed by atoms with E-state index in [9.17, 15) is 0 Å². The zero-order valence-corrected chi connectivity index (χ0v) is 15.8. The van der Waals surface area contributed by atoms with Crippen molar-refractivity contribution in [2.75, 3.05) is 46.6 Å². The number of unbranched alkanes of at least 4 members (excludes halogenated alkanes) is 1. The zero-order chi connectivity index (χ0) is 18.2. The van der Waals surface area contributed by atoms with Gasteiger partial charge in [-0.2, -0.15) is 0 Å². The number of para-hydroxylation sites is 1. The molecule has 0 aliphatic rings. The zero-order valence-electron chi connectivity index (χ0n) is 15.8. The Hall–Kier alpha value is -1.79. The molecule has 6 nitrogen and oxygen atoms in total. The van der Waals surface area contributed by atoms with Crippen molar-refractivity contribution in [1.29, 1.82) is 0 Å². The standard InChI is InChI=1S/C19H33N3O3/c1-4-6-12-24-14-15-25-13-11-21-19(20-5-2)22-16-17-9-7-8-10-18(17)23-3/h7-10H,4-6,11-16H2,1-3H3,(H2,20,21,22). The number of ether oxygens (including phenoxy) is 3. The van der Waals surface area contributed by atoms with E-state index in [4.69, 9.17) is 14.2 Å². The van der Waals surface area contributed by atoms with Crippen LogP contribution in [0.3, 0.4) is 0 Å². The van der Waals surface area contributed by atoms with Crippen molar-refractivity contribution in [1.82, 2.24) is 10.6 Å². The SMILES string of the molecule is CCCCOCCOCCNC(=NCc1ccccc1OC)NCC. The molecule has 0 aromatic heterocycles. The van der Waals surface area contributed by atoms with Crippen molar-refractivity contribution in [3.8, 4) is 5.75 Å². The van der Waals surface area contributed by atoms with Crippen LogP contribution in [0, 0.1) is 0 Å². The Morgan fingerprint density at radius 2 is 1.76 bits per heavy atom. The normalized spacial score (nSPS) is 11.4. The number of aliphatic imine (C=N–C) groups is 1. The van der Waals surface area contributed by atoms with E-state index in [0.717, 1.165) is 43.3 Å². The fourth-order valence-corrected chi connectivity index (χ4v) is 2.15. The molecule has 1 rings (SSSR count). The summed E-state index contributed by atoms with van der Waals surface area (Å²) in [6, 6.07) is 7.91. The summed E-state index contributed by atoms with van der Waals surface area (Å²) in [5, 5.41) is 6.51. The Morgan fingerprint density at radius 3 is 2.48 bits per heavy atom. The molecule has 0 atom stereocenters. The number of benzene rings is 1. The molecule has 0 radical (unpaired) electrons. The molecule has 0 aliphatic heterocycles. The van der Waals surface area contributed by atoms with Crippen LogP contribution in [0.5, 0.6) is 5.75 Å². The van der Waals surface area contributed by atoms with E-state index in [0.29, 0.717) is 32.9 Å². The average molecular weight is 351 g/mol. The molecular weight excluding hydrogens is 318 g/mol. The summed E-state index contributed by atoms with van der Waals surface area (Å²) in [5.74, 6) is 1.63. The highest BCUT2D eigenvalue weighted by molar-refractivity contribution is 5.79. The third kappa shape index (κ3) is 9.94. The molecule has 0 heterocycles. The van der Waals surface area contributed by atoms with Crippen molar-refractivity contribution >= 4 is 5.96 Å². The molecule has 6 heteroatoms. The summed E-state index contributed by atoms with van der Waals surface area (Å²) in [6.07, 6.45) is 2.27. The predicted molar refractivity (Wildman–Crippen MR) is 102 cm³/mol. The van der Waals surface area contributed by atoms with Crippen LogP contribution in [0.25, 0.3) is 0 Å². The molecule has 0 saturated heterocycles. The lowest BCUT2D eigenvalue weighted by Gasteiger charge is -2.12. The van der Waals surface area contributed by atoms with Crippen molar-refractivity contribution in [3.05, 3.63) is 29.8 Å². The minimum atomic E-state index is 0.561. The maximum absolute atomic E-state index is 5.55. The van der Waals surface area contributed by atoms with Gasteiger partial charge in [-0.1, -0.05) is 31.5 Å². The van der Waals surface area contributed by atoms with Gasteiger partial charge >= 0.3 is 0 Å². The molecule has 2 N–H and O–H groups in total. The van der Waals surface area contributed by atoms with Crippen LogP contribution in [0.15, 0.2) is 29.3 Å². The second-order valence-corrected chi connectivity index (χ2v) is 5.51. The van der Waals surface area contributed by atoms with Gasteiger partial charge in [-0.3, -0.25) is 0 Å².